The number of likely N-dealkylation sites (N-methyl/N-ethyl adjacent to an activating group) is 1. The van der Waals surface area contributed by atoms with Crippen molar-refractivity contribution in [3.05, 3.63) is 54.2 Å². The Kier molecular flexibility index (Phi) is 9.01. The number of guanidine groups is 1. The molecule has 2 aromatic rings. The number of halogens is 1. The monoisotopic (exact) mass is 404 g/mol. The van der Waals surface area contributed by atoms with Gasteiger partial charge in [0.05, 0.1) is 12.8 Å². The van der Waals surface area contributed by atoms with Crippen LogP contribution >= 0.6 is 0 Å². The summed E-state index contributed by atoms with van der Waals surface area (Å²) in [6, 6.07) is 9.81. The fourth-order valence-electron chi connectivity index (χ4n) is 2.43. The lowest BCUT2D eigenvalue weighted by atomic mass is 10.2. The topological polar surface area (TPSA) is 79.1 Å². The summed E-state index contributed by atoms with van der Waals surface area (Å²) >= 11 is 0. The van der Waals surface area contributed by atoms with E-state index in [4.69, 9.17) is 9.15 Å². The minimum absolute atomic E-state index is 0.0324. The standard InChI is InChI=1S/C21H29FN4O3/c1-4-17(29-19-8-5-7-16(22)13-19)14-24-21(25-15-20(27)26(2)3)23-11-10-18-9-6-12-28-18/h5-9,12-13,17H,4,10-11,14-15H2,1-3H3,(H2,23,24,25). The molecule has 0 saturated carbocycles. The van der Waals surface area contributed by atoms with Crippen LogP contribution in [0, 0.1) is 5.82 Å². The van der Waals surface area contributed by atoms with E-state index in [0.29, 0.717) is 31.2 Å². The number of hydrogen-bond acceptors (Lipinski definition) is 4. The van der Waals surface area contributed by atoms with Crippen molar-refractivity contribution in [2.45, 2.75) is 25.9 Å². The molecule has 0 aliphatic heterocycles. The zero-order chi connectivity index (χ0) is 21.1. The summed E-state index contributed by atoms with van der Waals surface area (Å²) < 4.78 is 24.5. The van der Waals surface area contributed by atoms with Gasteiger partial charge in [-0.25, -0.2) is 9.38 Å². The van der Waals surface area contributed by atoms with E-state index in [1.54, 1.807) is 32.5 Å². The predicted molar refractivity (Wildman–Crippen MR) is 111 cm³/mol. The van der Waals surface area contributed by atoms with Crippen LogP contribution in [0.15, 0.2) is 52.1 Å². The van der Waals surface area contributed by atoms with Crippen LogP contribution in [0.4, 0.5) is 4.39 Å². The maximum Gasteiger partial charge on any atom is 0.243 e. The van der Waals surface area contributed by atoms with Gasteiger partial charge in [0.2, 0.25) is 5.91 Å². The number of aliphatic imine (C=N–C) groups is 1. The van der Waals surface area contributed by atoms with Crippen molar-refractivity contribution in [3.63, 3.8) is 0 Å². The largest absolute Gasteiger partial charge is 0.489 e. The molecule has 0 saturated heterocycles. The minimum Gasteiger partial charge on any atom is -0.489 e. The molecule has 0 radical (unpaired) electrons. The molecule has 2 rings (SSSR count). The third-order valence-electron chi connectivity index (χ3n) is 4.17. The summed E-state index contributed by atoms with van der Waals surface area (Å²) in [5.74, 6) is 1.41. The molecular weight excluding hydrogens is 375 g/mol. The maximum atomic E-state index is 13.4. The van der Waals surface area contributed by atoms with Gasteiger partial charge in [-0.2, -0.15) is 0 Å². The number of hydrogen-bond donors (Lipinski definition) is 2. The molecule has 29 heavy (non-hydrogen) atoms. The number of rotatable bonds is 10. The molecule has 1 atom stereocenters. The summed E-state index contributed by atoms with van der Waals surface area (Å²) in [5.41, 5.74) is 0. The maximum absolute atomic E-state index is 13.4. The minimum atomic E-state index is -0.339. The lowest BCUT2D eigenvalue weighted by molar-refractivity contribution is -0.127. The molecule has 1 amide bonds. The van der Waals surface area contributed by atoms with Crippen molar-refractivity contribution in [2.24, 2.45) is 4.99 Å². The van der Waals surface area contributed by atoms with Gasteiger partial charge in [-0.3, -0.25) is 4.79 Å². The van der Waals surface area contributed by atoms with Crippen LogP contribution in [0.25, 0.3) is 0 Å². The van der Waals surface area contributed by atoms with Crippen molar-refractivity contribution in [2.75, 3.05) is 33.7 Å². The highest BCUT2D eigenvalue weighted by Gasteiger charge is 2.11. The summed E-state index contributed by atoms with van der Waals surface area (Å²) in [7, 11) is 3.38. The summed E-state index contributed by atoms with van der Waals surface area (Å²) in [4.78, 5) is 17.7. The number of nitrogens with zero attached hydrogens (tertiary/aromatic N) is 2. The Morgan fingerprint density at radius 2 is 2.10 bits per heavy atom. The van der Waals surface area contributed by atoms with Gasteiger partial charge in [-0.15, -0.1) is 0 Å². The fourth-order valence-corrected chi connectivity index (χ4v) is 2.43. The predicted octanol–water partition coefficient (Wildman–Crippen LogP) is 2.44. The number of carbonyl (C=O) groups excluding carboxylic acids is 1. The van der Waals surface area contributed by atoms with Gasteiger partial charge < -0.3 is 24.7 Å². The van der Waals surface area contributed by atoms with Gasteiger partial charge in [0.1, 0.15) is 30.0 Å². The Balaban J connectivity index is 1.92. The molecule has 0 bridgehead atoms. The molecule has 1 unspecified atom stereocenters. The van der Waals surface area contributed by atoms with Crippen LogP contribution < -0.4 is 15.4 Å². The smallest absolute Gasteiger partial charge is 0.243 e. The van der Waals surface area contributed by atoms with Crippen molar-refractivity contribution in [1.82, 2.24) is 15.5 Å². The van der Waals surface area contributed by atoms with Crippen LogP contribution in [0.3, 0.4) is 0 Å². The SMILES string of the molecule is CCC(CNC(=NCC(=O)N(C)C)NCCc1ccco1)Oc1cccc(F)c1. The Morgan fingerprint density at radius 3 is 2.76 bits per heavy atom. The number of carbonyl (C=O) groups is 1. The molecule has 0 aliphatic rings. The van der Waals surface area contributed by atoms with Crippen molar-refractivity contribution < 1.29 is 18.3 Å². The summed E-state index contributed by atoms with van der Waals surface area (Å²) in [6.07, 6.45) is 2.86. The Labute approximate surface area is 170 Å². The van der Waals surface area contributed by atoms with Gasteiger partial charge in [-0.1, -0.05) is 13.0 Å². The average molecular weight is 404 g/mol. The summed E-state index contributed by atoms with van der Waals surface area (Å²) in [6.45, 7) is 3.07. The van der Waals surface area contributed by atoms with E-state index < -0.39 is 0 Å². The number of amides is 1. The van der Waals surface area contributed by atoms with Gasteiger partial charge in [-0.05, 0) is 30.7 Å². The lowest BCUT2D eigenvalue weighted by Gasteiger charge is -2.20. The molecule has 0 spiro atoms. The average Bonchev–Trinajstić information content (AvgIpc) is 3.21. The Hall–Kier alpha value is -3.03. The summed E-state index contributed by atoms with van der Waals surface area (Å²) in [5, 5.41) is 6.40. The van der Waals surface area contributed by atoms with Crippen LogP contribution in [-0.2, 0) is 11.2 Å². The molecule has 0 aliphatic carbocycles. The zero-order valence-electron chi connectivity index (χ0n) is 17.2. The molecular formula is C21H29FN4O3. The van der Waals surface area contributed by atoms with E-state index in [9.17, 15) is 9.18 Å². The van der Waals surface area contributed by atoms with Crippen LogP contribution in [0.1, 0.15) is 19.1 Å². The van der Waals surface area contributed by atoms with E-state index in [0.717, 1.165) is 12.2 Å². The number of benzene rings is 1. The second-order valence-corrected chi connectivity index (χ2v) is 6.70. The molecule has 0 fully saturated rings. The molecule has 1 aromatic carbocycles. The van der Waals surface area contributed by atoms with Crippen LogP contribution in [-0.4, -0.2) is 56.6 Å². The van der Waals surface area contributed by atoms with Crippen molar-refractivity contribution in [3.8, 4) is 5.75 Å². The van der Waals surface area contributed by atoms with E-state index >= 15 is 0 Å². The highest BCUT2D eigenvalue weighted by Crippen LogP contribution is 2.14. The number of ether oxygens (including phenoxy) is 1. The molecule has 7 nitrogen and oxygen atoms in total. The number of nitrogens with one attached hydrogen (secondary N) is 2. The van der Waals surface area contributed by atoms with Gasteiger partial charge in [0, 0.05) is 33.1 Å². The second kappa shape index (κ2) is 11.7. The van der Waals surface area contributed by atoms with Crippen LogP contribution in [0.2, 0.25) is 0 Å². The van der Waals surface area contributed by atoms with E-state index in [-0.39, 0.29) is 24.4 Å². The molecule has 2 N–H and O–H groups in total. The zero-order valence-corrected chi connectivity index (χ0v) is 17.2. The Morgan fingerprint density at radius 1 is 1.28 bits per heavy atom. The second-order valence-electron chi connectivity index (χ2n) is 6.70. The first-order chi connectivity index (χ1) is 14.0. The van der Waals surface area contributed by atoms with E-state index in [1.165, 1.54) is 17.0 Å². The van der Waals surface area contributed by atoms with E-state index in [1.807, 2.05) is 19.1 Å². The van der Waals surface area contributed by atoms with Crippen molar-refractivity contribution >= 4 is 11.9 Å². The third-order valence-corrected chi connectivity index (χ3v) is 4.17. The lowest BCUT2D eigenvalue weighted by Crippen LogP contribution is -2.43. The normalized spacial score (nSPS) is 12.3. The first kappa shape index (κ1) is 22.3. The quantitative estimate of drug-likeness (QED) is 0.470. The van der Waals surface area contributed by atoms with E-state index in [2.05, 4.69) is 15.6 Å². The fraction of sp³-hybridized carbons (Fsp3) is 0.429. The molecule has 8 heteroatoms. The van der Waals surface area contributed by atoms with Crippen molar-refractivity contribution in [1.29, 1.82) is 0 Å². The van der Waals surface area contributed by atoms with Crippen LogP contribution in [0.5, 0.6) is 5.75 Å². The van der Waals surface area contributed by atoms with Gasteiger partial charge in [0.25, 0.3) is 0 Å². The molecule has 158 valence electrons. The molecule has 1 heterocycles. The highest BCUT2D eigenvalue weighted by atomic mass is 19.1. The molecule has 1 aromatic heterocycles. The third kappa shape index (κ3) is 8.25. The first-order valence-electron chi connectivity index (χ1n) is 9.65. The Bertz CT molecular complexity index is 778. The van der Waals surface area contributed by atoms with Gasteiger partial charge >= 0.3 is 0 Å². The number of furan rings is 1. The first-order valence-corrected chi connectivity index (χ1v) is 9.65. The highest BCUT2D eigenvalue weighted by molar-refractivity contribution is 5.84. The van der Waals surface area contributed by atoms with Gasteiger partial charge in [0.15, 0.2) is 5.96 Å².